The van der Waals surface area contributed by atoms with Crippen molar-refractivity contribution in [1.29, 1.82) is 0 Å². The third-order valence-electron chi connectivity index (χ3n) is 5.56. The quantitative estimate of drug-likeness (QED) is 0.346. The van der Waals surface area contributed by atoms with Crippen LogP contribution in [0.5, 0.6) is 17.2 Å². The minimum absolute atomic E-state index is 0.154. The minimum Gasteiger partial charge on any atom is -0.493 e. The molecule has 1 atom stereocenters. The summed E-state index contributed by atoms with van der Waals surface area (Å²) in [6, 6.07) is 19.5. The van der Waals surface area contributed by atoms with E-state index >= 15 is 0 Å². The Labute approximate surface area is 197 Å². The number of aromatic amines is 1. The summed E-state index contributed by atoms with van der Waals surface area (Å²) in [6.45, 7) is 2.58. The number of methoxy groups -OCH3 is 1. The van der Waals surface area contributed by atoms with Gasteiger partial charge in [-0.3, -0.25) is 4.79 Å². The molecule has 7 heteroatoms. The zero-order valence-corrected chi connectivity index (χ0v) is 19.1. The summed E-state index contributed by atoms with van der Waals surface area (Å²) in [5.41, 5.74) is 3.03. The number of rotatable bonds is 10. The highest BCUT2D eigenvalue weighted by atomic mass is 19.1. The first-order valence-corrected chi connectivity index (χ1v) is 11.1. The molecule has 1 unspecified atom stereocenters. The molecule has 0 saturated heterocycles. The van der Waals surface area contributed by atoms with Crippen molar-refractivity contribution in [2.45, 2.75) is 12.8 Å². The summed E-state index contributed by atoms with van der Waals surface area (Å²) in [5.74, 6) is 0.732. The largest absolute Gasteiger partial charge is 0.493 e. The molecule has 1 heterocycles. The van der Waals surface area contributed by atoms with Gasteiger partial charge in [-0.1, -0.05) is 30.3 Å². The maximum Gasteiger partial charge on any atom is 0.257 e. The Morgan fingerprint density at radius 1 is 1.03 bits per heavy atom. The number of benzene rings is 3. The van der Waals surface area contributed by atoms with E-state index < -0.39 is 5.82 Å². The molecule has 0 saturated carbocycles. The Balaban J connectivity index is 1.56. The average molecular weight is 463 g/mol. The van der Waals surface area contributed by atoms with Crippen LogP contribution in [0.25, 0.3) is 10.9 Å². The average Bonchev–Trinajstić information content (AvgIpc) is 3.28. The maximum absolute atomic E-state index is 13.4. The second-order valence-corrected chi connectivity index (χ2v) is 7.74. The monoisotopic (exact) mass is 462 g/mol. The van der Waals surface area contributed by atoms with Crippen molar-refractivity contribution in [3.05, 3.63) is 89.9 Å². The van der Waals surface area contributed by atoms with E-state index in [1.807, 2.05) is 49.5 Å². The third kappa shape index (κ3) is 5.31. The molecule has 6 nitrogen and oxygen atoms in total. The van der Waals surface area contributed by atoms with Gasteiger partial charge in [-0.25, -0.2) is 4.39 Å². The molecule has 2 N–H and O–H groups in total. The topological polar surface area (TPSA) is 72.6 Å². The molecule has 4 rings (SSSR count). The standard InChI is InChI=1S/C27H27FN2O4/c1-3-33-25-12-11-18(13-26(25)32-2)22(23-16-29-24-10-5-4-9-21(23)24)15-30-27(31)17-34-20-8-6-7-19(28)14-20/h4-14,16,22,29H,3,15,17H2,1-2H3,(H,30,31). The van der Waals surface area contributed by atoms with Crippen molar-refractivity contribution in [1.82, 2.24) is 10.3 Å². The normalized spacial score (nSPS) is 11.7. The molecule has 1 amide bonds. The summed E-state index contributed by atoms with van der Waals surface area (Å²) in [4.78, 5) is 15.9. The smallest absolute Gasteiger partial charge is 0.257 e. The van der Waals surface area contributed by atoms with Crippen LogP contribution in [0.3, 0.4) is 0 Å². The van der Waals surface area contributed by atoms with Gasteiger partial charge in [0.25, 0.3) is 5.91 Å². The Morgan fingerprint density at radius 2 is 1.88 bits per heavy atom. The highest BCUT2D eigenvalue weighted by Gasteiger charge is 2.21. The number of H-pyrrole nitrogens is 1. The molecular formula is C27H27FN2O4. The molecule has 0 fully saturated rings. The summed E-state index contributed by atoms with van der Waals surface area (Å²) in [6.07, 6.45) is 1.97. The maximum atomic E-state index is 13.4. The zero-order chi connectivity index (χ0) is 23.9. The van der Waals surface area contributed by atoms with E-state index in [0.717, 1.165) is 22.0 Å². The van der Waals surface area contributed by atoms with Crippen LogP contribution in [0.1, 0.15) is 24.0 Å². The highest BCUT2D eigenvalue weighted by Crippen LogP contribution is 2.35. The van der Waals surface area contributed by atoms with Gasteiger partial charge in [0.2, 0.25) is 0 Å². The van der Waals surface area contributed by atoms with Crippen molar-refractivity contribution in [2.24, 2.45) is 0 Å². The van der Waals surface area contributed by atoms with Crippen molar-refractivity contribution < 1.29 is 23.4 Å². The number of fused-ring (bicyclic) bond motifs is 1. The van der Waals surface area contributed by atoms with Crippen LogP contribution in [-0.4, -0.2) is 37.8 Å². The number of halogens is 1. The molecule has 3 aromatic carbocycles. The highest BCUT2D eigenvalue weighted by molar-refractivity contribution is 5.84. The lowest BCUT2D eigenvalue weighted by Gasteiger charge is -2.20. The molecule has 4 aromatic rings. The van der Waals surface area contributed by atoms with E-state index in [4.69, 9.17) is 14.2 Å². The van der Waals surface area contributed by atoms with E-state index in [2.05, 4.69) is 16.4 Å². The summed E-state index contributed by atoms with van der Waals surface area (Å²) in [5, 5.41) is 4.03. The molecule has 0 aliphatic heterocycles. The molecule has 176 valence electrons. The fourth-order valence-corrected chi connectivity index (χ4v) is 3.94. The second kappa shape index (κ2) is 10.7. The van der Waals surface area contributed by atoms with Gasteiger partial charge in [-0.2, -0.15) is 0 Å². The SMILES string of the molecule is CCOc1ccc(C(CNC(=O)COc2cccc(F)c2)c2c[nH]c3ccccc23)cc1OC. The first kappa shape index (κ1) is 23.2. The number of aromatic nitrogens is 1. The van der Waals surface area contributed by atoms with Gasteiger partial charge in [0.1, 0.15) is 11.6 Å². The van der Waals surface area contributed by atoms with Gasteiger partial charge in [0.05, 0.1) is 13.7 Å². The Morgan fingerprint density at radius 3 is 2.68 bits per heavy atom. The van der Waals surface area contributed by atoms with Gasteiger partial charge in [-0.05, 0) is 48.4 Å². The van der Waals surface area contributed by atoms with E-state index in [1.54, 1.807) is 13.2 Å². The van der Waals surface area contributed by atoms with Gasteiger partial charge >= 0.3 is 0 Å². The van der Waals surface area contributed by atoms with Gasteiger partial charge in [0, 0.05) is 35.6 Å². The molecule has 1 aromatic heterocycles. The third-order valence-corrected chi connectivity index (χ3v) is 5.56. The van der Waals surface area contributed by atoms with Crippen LogP contribution in [0.15, 0.2) is 72.9 Å². The molecule has 0 bridgehead atoms. The molecule has 0 aliphatic carbocycles. The summed E-state index contributed by atoms with van der Waals surface area (Å²) < 4.78 is 30.0. The van der Waals surface area contributed by atoms with Gasteiger partial charge in [-0.15, -0.1) is 0 Å². The van der Waals surface area contributed by atoms with Crippen molar-refractivity contribution in [3.63, 3.8) is 0 Å². The van der Waals surface area contributed by atoms with Crippen molar-refractivity contribution in [2.75, 3.05) is 26.9 Å². The number of hydrogen-bond donors (Lipinski definition) is 2. The second-order valence-electron chi connectivity index (χ2n) is 7.74. The number of hydrogen-bond acceptors (Lipinski definition) is 4. The summed E-state index contributed by atoms with van der Waals surface area (Å²) in [7, 11) is 1.61. The van der Waals surface area contributed by atoms with E-state index in [9.17, 15) is 9.18 Å². The van der Waals surface area contributed by atoms with Gasteiger partial charge in [0.15, 0.2) is 18.1 Å². The van der Waals surface area contributed by atoms with Crippen LogP contribution >= 0.6 is 0 Å². The molecule has 0 spiro atoms. The lowest BCUT2D eigenvalue weighted by Crippen LogP contribution is -2.32. The zero-order valence-electron chi connectivity index (χ0n) is 19.1. The first-order valence-electron chi connectivity index (χ1n) is 11.1. The van der Waals surface area contributed by atoms with Crippen molar-refractivity contribution >= 4 is 16.8 Å². The lowest BCUT2D eigenvalue weighted by atomic mass is 9.90. The van der Waals surface area contributed by atoms with Crippen LogP contribution in [-0.2, 0) is 4.79 Å². The molecular weight excluding hydrogens is 435 g/mol. The number of ether oxygens (including phenoxy) is 3. The van der Waals surface area contributed by atoms with Crippen LogP contribution in [0.2, 0.25) is 0 Å². The molecule has 0 radical (unpaired) electrons. The molecule has 34 heavy (non-hydrogen) atoms. The van der Waals surface area contributed by atoms with E-state index in [0.29, 0.717) is 30.4 Å². The van der Waals surface area contributed by atoms with Gasteiger partial charge < -0.3 is 24.5 Å². The van der Waals surface area contributed by atoms with Crippen LogP contribution in [0, 0.1) is 5.82 Å². The summed E-state index contributed by atoms with van der Waals surface area (Å²) >= 11 is 0. The number of carbonyl (C=O) groups is 1. The first-order chi connectivity index (χ1) is 16.6. The fraction of sp³-hybridized carbons (Fsp3) is 0.222. The Hall–Kier alpha value is -4.00. The number of amides is 1. The van der Waals surface area contributed by atoms with E-state index in [1.165, 1.54) is 18.2 Å². The van der Waals surface area contributed by atoms with E-state index in [-0.39, 0.29) is 18.4 Å². The van der Waals surface area contributed by atoms with Crippen molar-refractivity contribution in [3.8, 4) is 17.2 Å². The predicted octanol–water partition coefficient (Wildman–Crippen LogP) is 5.04. The molecule has 0 aliphatic rings. The van der Waals surface area contributed by atoms with Crippen LogP contribution < -0.4 is 19.5 Å². The predicted molar refractivity (Wildman–Crippen MR) is 129 cm³/mol. The minimum atomic E-state index is -0.415. The Kier molecular flexibility index (Phi) is 7.32. The number of carbonyl (C=O) groups excluding carboxylic acids is 1. The fourth-order valence-electron chi connectivity index (χ4n) is 3.94. The Bertz CT molecular complexity index is 1270. The number of nitrogens with one attached hydrogen (secondary N) is 2. The lowest BCUT2D eigenvalue weighted by molar-refractivity contribution is -0.123. The van der Waals surface area contributed by atoms with Crippen LogP contribution in [0.4, 0.5) is 4.39 Å². The number of para-hydroxylation sites is 1.